The van der Waals surface area contributed by atoms with Gasteiger partial charge in [-0.1, -0.05) is 0 Å². The van der Waals surface area contributed by atoms with E-state index in [1.807, 2.05) is 0 Å². The maximum absolute atomic E-state index is 13.7. The van der Waals surface area contributed by atoms with Gasteiger partial charge in [0.05, 0.1) is 6.54 Å². The summed E-state index contributed by atoms with van der Waals surface area (Å²) in [6.45, 7) is -0.159. The number of benzene rings is 1. The van der Waals surface area contributed by atoms with Crippen LogP contribution >= 0.6 is 7.82 Å². The Morgan fingerprint density at radius 1 is 1.19 bits per heavy atom. The lowest BCUT2D eigenvalue weighted by atomic mass is 10.0. The van der Waals surface area contributed by atoms with Crippen molar-refractivity contribution < 1.29 is 46.0 Å². The van der Waals surface area contributed by atoms with Crippen molar-refractivity contribution in [2.75, 3.05) is 6.54 Å². The van der Waals surface area contributed by atoms with Crippen molar-refractivity contribution in [3.63, 3.8) is 0 Å². The zero-order valence-corrected chi connectivity index (χ0v) is 17.1. The van der Waals surface area contributed by atoms with Gasteiger partial charge in [-0.05, 0) is 30.2 Å². The van der Waals surface area contributed by atoms with Gasteiger partial charge < -0.3 is 29.9 Å². The Balaban J connectivity index is 0.000000654. The molecule has 16 heteroatoms. The fraction of sp³-hybridized carbons (Fsp3) is 0.438. The van der Waals surface area contributed by atoms with Crippen molar-refractivity contribution in [2.24, 2.45) is 5.73 Å². The SMILES string of the molecule is N[C@@H](CC(=O)N1CCn2c(nnc2C(F)(F)F)C1)Cc1cc(F)ccc1F.O=P(O)(O)O. The lowest BCUT2D eigenvalue weighted by molar-refractivity contribution is -0.148. The predicted molar refractivity (Wildman–Crippen MR) is 97.4 cm³/mol. The highest BCUT2D eigenvalue weighted by atomic mass is 31.2. The third-order valence-electron chi connectivity index (χ3n) is 4.29. The van der Waals surface area contributed by atoms with Crippen LogP contribution in [0.5, 0.6) is 0 Å². The number of hydrogen-bond acceptors (Lipinski definition) is 5. The molecule has 1 aliphatic rings. The monoisotopic (exact) mass is 487 g/mol. The van der Waals surface area contributed by atoms with Gasteiger partial charge in [-0.15, -0.1) is 10.2 Å². The van der Waals surface area contributed by atoms with E-state index >= 15 is 0 Å². The average Bonchev–Trinajstić information content (AvgIpc) is 3.06. The molecule has 3 rings (SSSR count). The smallest absolute Gasteiger partial charge is 0.333 e. The van der Waals surface area contributed by atoms with Crippen LogP contribution in [0.4, 0.5) is 22.0 Å². The Morgan fingerprint density at radius 3 is 2.41 bits per heavy atom. The Bertz CT molecular complexity index is 1000. The number of fused-ring (bicyclic) bond motifs is 1. The second-order valence-electron chi connectivity index (χ2n) is 6.82. The number of alkyl halides is 3. The van der Waals surface area contributed by atoms with Crippen LogP contribution in [0.1, 0.15) is 23.6 Å². The number of halogens is 5. The van der Waals surface area contributed by atoms with Crippen LogP contribution < -0.4 is 5.73 Å². The Kier molecular flexibility index (Phi) is 8.07. The molecule has 0 unspecified atom stereocenters. The summed E-state index contributed by atoms with van der Waals surface area (Å²) in [6, 6.07) is 2.21. The van der Waals surface area contributed by atoms with Crippen LogP contribution in [-0.4, -0.2) is 52.8 Å². The Morgan fingerprint density at radius 2 is 1.81 bits per heavy atom. The van der Waals surface area contributed by atoms with Gasteiger partial charge in [-0.2, -0.15) is 13.2 Å². The van der Waals surface area contributed by atoms with Gasteiger partial charge in [-0.25, -0.2) is 13.3 Å². The van der Waals surface area contributed by atoms with Crippen LogP contribution in [0.2, 0.25) is 0 Å². The second-order valence-corrected chi connectivity index (χ2v) is 7.85. The van der Waals surface area contributed by atoms with Crippen molar-refractivity contribution in [3.05, 3.63) is 47.0 Å². The van der Waals surface area contributed by atoms with Crippen molar-refractivity contribution in [2.45, 2.75) is 38.1 Å². The number of hydrogen-bond donors (Lipinski definition) is 4. The summed E-state index contributed by atoms with van der Waals surface area (Å²) in [5, 5.41) is 6.65. The molecule has 1 aromatic heterocycles. The predicted octanol–water partition coefficient (Wildman–Crippen LogP) is 0.949. The molecule has 2 heterocycles. The molecule has 178 valence electrons. The fourth-order valence-electron chi connectivity index (χ4n) is 2.99. The molecule has 0 saturated carbocycles. The van der Waals surface area contributed by atoms with E-state index < -0.39 is 43.4 Å². The minimum atomic E-state index is -4.64. The van der Waals surface area contributed by atoms with Crippen LogP contribution in [0.3, 0.4) is 0 Å². The van der Waals surface area contributed by atoms with Crippen molar-refractivity contribution in [1.82, 2.24) is 19.7 Å². The van der Waals surface area contributed by atoms with E-state index in [1.54, 1.807) is 0 Å². The molecule has 0 radical (unpaired) electrons. The van der Waals surface area contributed by atoms with Gasteiger partial charge in [0.2, 0.25) is 11.7 Å². The summed E-state index contributed by atoms with van der Waals surface area (Å²) in [5.41, 5.74) is 5.93. The summed E-state index contributed by atoms with van der Waals surface area (Å²) in [5.74, 6) is -2.69. The largest absolute Gasteiger partial charge is 0.466 e. The standard InChI is InChI=1S/C16H16F5N5O.H3O4P/c17-10-1-2-12(18)9(5-10)6-11(22)7-14(27)25-3-4-26-13(8-25)23-24-15(26)16(19,20)21;1-5(2,3)4/h1-2,5,11H,3-4,6-8,22H2;(H3,1,2,3,4)/t11-;/m1./s1. The van der Waals surface area contributed by atoms with E-state index in [1.165, 1.54) is 4.90 Å². The molecule has 0 bridgehead atoms. The van der Waals surface area contributed by atoms with Gasteiger partial charge in [0.15, 0.2) is 5.82 Å². The molecule has 10 nitrogen and oxygen atoms in total. The Hall–Kier alpha value is -2.45. The van der Waals surface area contributed by atoms with Gasteiger partial charge in [0.1, 0.15) is 11.6 Å². The highest BCUT2D eigenvalue weighted by Crippen LogP contribution is 2.29. The summed E-state index contributed by atoms with van der Waals surface area (Å²) in [6.07, 6.45) is -4.82. The van der Waals surface area contributed by atoms with Crippen molar-refractivity contribution in [1.29, 1.82) is 0 Å². The number of carbonyl (C=O) groups is 1. The third kappa shape index (κ3) is 7.60. The normalized spacial score (nSPS) is 15.0. The van der Waals surface area contributed by atoms with Crippen LogP contribution in [0, 0.1) is 11.6 Å². The number of nitrogens with two attached hydrogens (primary N) is 1. The van der Waals surface area contributed by atoms with Gasteiger partial charge in [0, 0.05) is 25.6 Å². The van der Waals surface area contributed by atoms with Crippen LogP contribution in [0.15, 0.2) is 18.2 Å². The third-order valence-corrected chi connectivity index (χ3v) is 4.29. The van der Waals surface area contributed by atoms with E-state index in [9.17, 15) is 26.7 Å². The van der Waals surface area contributed by atoms with E-state index in [0.717, 1.165) is 22.8 Å². The number of rotatable bonds is 4. The first-order valence-corrected chi connectivity index (χ1v) is 10.5. The molecule has 0 fully saturated rings. The maximum Gasteiger partial charge on any atom is 0.466 e. The van der Waals surface area contributed by atoms with Gasteiger partial charge in [0.25, 0.3) is 0 Å². The van der Waals surface area contributed by atoms with Crippen LogP contribution in [-0.2, 0) is 35.0 Å². The summed E-state index contributed by atoms with van der Waals surface area (Å²) in [4.78, 5) is 35.3. The molecule has 0 aliphatic carbocycles. The first kappa shape index (κ1) is 25.8. The summed E-state index contributed by atoms with van der Waals surface area (Å²) >= 11 is 0. The summed E-state index contributed by atoms with van der Waals surface area (Å²) in [7, 11) is -4.64. The average molecular weight is 487 g/mol. The van der Waals surface area contributed by atoms with E-state index in [0.29, 0.717) is 0 Å². The molecular formula is C16H19F5N5O5P. The summed E-state index contributed by atoms with van der Waals surface area (Å²) < 4.78 is 75.2. The molecule has 1 amide bonds. The van der Waals surface area contributed by atoms with Gasteiger partial charge >= 0.3 is 14.0 Å². The molecule has 1 aliphatic heterocycles. The van der Waals surface area contributed by atoms with E-state index in [4.69, 9.17) is 25.0 Å². The minimum absolute atomic E-state index is 0.0340. The number of aromatic nitrogens is 3. The van der Waals surface area contributed by atoms with E-state index in [2.05, 4.69) is 10.2 Å². The molecule has 0 spiro atoms. The van der Waals surface area contributed by atoms with Gasteiger partial charge in [-0.3, -0.25) is 4.79 Å². The molecule has 0 saturated heterocycles. The highest BCUT2D eigenvalue weighted by Gasteiger charge is 2.39. The van der Waals surface area contributed by atoms with Crippen molar-refractivity contribution in [3.8, 4) is 0 Å². The van der Waals surface area contributed by atoms with E-state index in [-0.39, 0.29) is 43.9 Å². The first-order valence-electron chi connectivity index (χ1n) is 8.90. The highest BCUT2D eigenvalue weighted by molar-refractivity contribution is 7.45. The number of phosphoric acid groups is 1. The quantitative estimate of drug-likeness (QED) is 0.367. The lowest BCUT2D eigenvalue weighted by Crippen LogP contribution is -2.42. The second kappa shape index (κ2) is 10.0. The number of carbonyl (C=O) groups excluding carboxylic acids is 1. The topological polar surface area (TPSA) is 155 Å². The molecule has 5 N–H and O–H groups in total. The van der Waals surface area contributed by atoms with Crippen LogP contribution in [0.25, 0.3) is 0 Å². The molecular weight excluding hydrogens is 468 g/mol. The molecule has 1 atom stereocenters. The molecule has 32 heavy (non-hydrogen) atoms. The molecule has 1 aromatic carbocycles. The number of amides is 1. The zero-order valence-electron chi connectivity index (χ0n) is 16.2. The lowest BCUT2D eigenvalue weighted by Gasteiger charge is -2.29. The fourth-order valence-corrected chi connectivity index (χ4v) is 2.99. The molecule has 2 aromatic rings. The minimum Gasteiger partial charge on any atom is -0.333 e. The first-order chi connectivity index (χ1) is 14.6. The Labute approximate surface area is 177 Å². The van der Waals surface area contributed by atoms with Crippen molar-refractivity contribution >= 4 is 13.7 Å². The zero-order chi connectivity index (χ0) is 24.3. The number of nitrogens with zero attached hydrogens (tertiary/aromatic N) is 4. The maximum atomic E-state index is 13.7.